The monoisotopic (exact) mass is 317 g/mol. The Labute approximate surface area is 135 Å². The zero-order valence-corrected chi connectivity index (χ0v) is 13.9. The summed E-state index contributed by atoms with van der Waals surface area (Å²) in [7, 11) is 0. The molecule has 1 atom stereocenters. The van der Waals surface area contributed by atoms with E-state index in [1.165, 1.54) is 24.1 Å². The Bertz CT molecular complexity index is 554. The number of piperidine rings is 1. The van der Waals surface area contributed by atoms with E-state index in [1.54, 1.807) is 11.8 Å². The zero-order chi connectivity index (χ0) is 15.2. The van der Waals surface area contributed by atoms with E-state index < -0.39 is 0 Å². The molecule has 0 bridgehead atoms. The van der Waals surface area contributed by atoms with E-state index in [0.29, 0.717) is 5.92 Å². The first-order valence-electron chi connectivity index (χ1n) is 8.00. The van der Waals surface area contributed by atoms with E-state index >= 15 is 0 Å². The summed E-state index contributed by atoms with van der Waals surface area (Å²) in [6.45, 7) is 5.34. The SMILES string of the molecule is CCCSc1ncc(CN2CCCC(c3ccn[nH]3)C2)cn1. The lowest BCUT2D eigenvalue weighted by atomic mass is 9.95. The number of hydrogen-bond donors (Lipinski definition) is 1. The Morgan fingerprint density at radius 1 is 1.36 bits per heavy atom. The molecule has 0 radical (unpaired) electrons. The van der Waals surface area contributed by atoms with Crippen molar-refractivity contribution in [3.8, 4) is 0 Å². The molecule has 0 aromatic carbocycles. The summed E-state index contributed by atoms with van der Waals surface area (Å²) in [4.78, 5) is 11.4. The van der Waals surface area contributed by atoms with Crippen LogP contribution in [0.1, 0.15) is 43.4 Å². The summed E-state index contributed by atoms with van der Waals surface area (Å²) < 4.78 is 0. The van der Waals surface area contributed by atoms with Gasteiger partial charge in [0.05, 0.1) is 0 Å². The summed E-state index contributed by atoms with van der Waals surface area (Å²) >= 11 is 1.73. The maximum absolute atomic E-state index is 4.46. The molecule has 0 saturated carbocycles. The van der Waals surface area contributed by atoms with E-state index in [1.807, 2.05) is 18.6 Å². The standard InChI is InChI=1S/C16H23N5S/c1-2-8-22-16-17-9-13(10-18-16)11-21-7-3-4-14(12-21)15-5-6-19-20-15/h5-6,9-10,14H,2-4,7-8,11-12H2,1H3,(H,19,20). The van der Waals surface area contributed by atoms with Crippen molar-refractivity contribution in [1.29, 1.82) is 0 Å². The smallest absolute Gasteiger partial charge is 0.187 e. The molecule has 2 aromatic heterocycles. The molecule has 1 aliphatic rings. The van der Waals surface area contributed by atoms with Gasteiger partial charge in [-0.25, -0.2) is 9.97 Å². The van der Waals surface area contributed by atoms with E-state index in [4.69, 9.17) is 0 Å². The van der Waals surface area contributed by atoms with Gasteiger partial charge in [0.2, 0.25) is 0 Å². The molecule has 1 N–H and O–H groups in total. The van der Waals surface area contributed by atoms with Gasteiger partial charge in [0.15, 0.2) is 5.16 Å². The molecule has 3 heterocycles. The van der Waals surface area contributed by atoms with E-state index in [0.717, 1.165) is 37.0 Å². The van der Waals surface area contributed by atoms with Crippen LogP contribution >= 0.6 is 11.8 Å². The van der Waals surface area contributed by atoms with Crippen molar-refractivity contribution in [3.63, 3.8) is 0 Å². The third-order valence-electron chi connectivity index (χ3n) is 3.99. The van der Waals surface area contributed by atoms with Crippen molar-refractivity contribution in [2.45, 2.75) is 43.8 Å². The van der Waals surface area contributed by atoms with Gasteiger partial charge in [-0.05, 0) is 31.9 Å². The van der Waals surface area contributed by atoms with E-state index in [-0.39, 0.29) is 0 Å². The molecule has 22 heavy (non-hydrogen) atoms. The number of nitrogens with zero attached hydrogens (tertiary/aromatic N) is 4. The Hall–Kier alpha value is -1.40. The third kappa shape index (κ3) is 4.08. The second-order valence-electron chi connectivity index (χ2n) is 5.81. The fourth-order valence-electron chi connectivity index (χ4n) is 2.90. The van der Waals surface area contributed by atoms with E-state index in [2.05, 4.69) is 38.1 Å². The molecule has 0 aliphatic carbocycles. The second-order valence-corrected chi connectivity index (χ2v) is 6.87. The van der Waals surface area contributed by atoms with Gasteiger partial charge in [0.1, 0.15) is 0 Å². The first-order valence-corrected chi connectivity index (χ1v) is 8.99. The van der Waals surface area contributed by atoms with Gasteiger partial charge in [0, 0.05) is 54.6 Å². The maximum Gasteiger partial charge on any atom is 0.187 e. The zero-order valence-electron chi connectivity index (χ0n) is 13.0. The molecule has 2 aromatic rings. The van der Waals surface area contributed by atoms with Gasteiger partial charge in [-0.15, -0.1) is 0 Å². The van der Waals surface area contributed by atoms with Gasteiger partial charge in [-0.3, -0.25) is 10.00 Å². The van der Waals surface area contributed by atoms with Crippen LogP contribution in [0.2, 0.25) is 0 Å². The van der Waals surface area contributed by atoms with Crippen LogP contribution in [0.15, 0.2) is 29.8 Å². The van der Waals surface area contributed by atoms with Crippen molar-refractivity contribution in [2.24, 2.45) is 0 Å². The van der Waals surface area contributed by atoms with Crippen LogP contribution in [0.4, 0.5) is 0 Å². The largest absolute Gasteiger partial charge is 0.298 e. The van der Waals surface area contributed by atoms with Gasteiger partial charge < -0.3 is 0 Å². The lowest BCUT2D eigenvalue weighted by Crippen LogP contribution is -2.34. The fraction of sp³-hybridized carbons (Fsp3) is 0.562. The molecule has 1 saturated heterocycles. The topological polar surface area (TPSA) is 57.7 Å². The summed E-state index contributed by atoms with van der Waals surface area (Å²) in [6.07, 6.45) is 9.42. The van der Waals surface area contributed by atoms with Gasteiger partial charge >= 0.3 is 0 Å². The minimum atomic E-state index is 0.566. The molecule has 5 nitrogen and oxygen atoms in total. The molecule has 1 fully saturated rings. The van der Waals surface area contributed by atoms with Gasteiger partial charge in [0.25, 0.3) is 0 Å². The number of hydrogen-bond acceptors (Lipinski definition) is 5. The Morgan fingerprint density at radius 2 is 2.23 bits per heavy atom. The average molecular weight is 317 g/mol. The number of nitrogens with one attached hydrogen (secondary N) is 1. The molecule has 3 rings (SSSR count). The molecule has 1 unspecified atom stereocenters. The predicted octanol–water partition coefficient (Wildman–Crippen LogP) is 3.08. The van der Waals surface area contributed by atoms with Crippen LogP contribution in [0.5, 0.6) is 0 Å². The molecular formula is C16H23N5S. The van der Waals surface area contributed by atoms with Gasteiger partial charge in [-0.1, -0.05) is 18.7 Å². The number of H-pyrrole nitrogens is 1. The first-order chi connectivity index (χ1) is 10.8. The van der Waals surface area contributed by atoms with Crippen molar-refractivity contribution in [2.75, 3.05) is 18.8 Å². The fourth-order valence-corrected chi connectivity index (χ4v) is 3.54. The summed E-state index contributed by atoms with van der Waals surface area (Å²) in [5, 5.41) is 8.08. The number of thioether (sulfide) groups is 1. The van der Waals surface area contributed by atoms with Crippen LogP contribution in [0.3, 0.4) is 0 Å². The predicted molar refractivity (Wildman–Crippen MR) is 88.9 cm³/mol. The molecular weight excluding hydrogens is 294 g/mol. The van der Waals surface area contributed by atoms with Crippen LogP contribution in [-0.4, -0.2) is 43.9 Å². The minimum absolute atomic E-state index is 0.566. The lowest BCUT2D eigenvalue weighted by molar-refractivity contribution is 0.198. The molecule has 118 valence electrons. The first kappa shape index (κ1) is 15.5. The van der Waals surface area contributed by atoms with Crippen molar-refractivity contribution >= 4 is 11.8 Å². The number of aromatic amines is 1. The Kier molecular flexibility index (Phi) is 5.45. The van der Waals surface area contributed by atoms with Crippen LogP contribution in [0, 0.1) is 0 Å². The van der Waals surface area contributed by atoms with E-state index in [9.17, 15) is 0 Å². The van der Waals surface area contributed by atoms with Crippen molar-refractivity contribution in [3.05, 3.63) is 35.9 Å². The average Bonchev–Trinajstić information content (AvgIpc) is 3.09. The lowest BCUT2D eigenvalue weighted by Gasteiger charge is -2.32. The van der Waals surface area contributed by atoms with Crippen molar-refractivity contribution < 1.29 is 0 Å². The molecule has 0 spiro atoms. The summed E-state index contributed by atoms with van der Waals surface area (Å²) in [5.74, 6) is 1.65. The van der Waals surface area contributed by atoms with Crippen LogP contribution < -0.4 is 0 Å². The Balaban J connectivity index is 1.56. The number of rotatable bonds is 6. The molecule has 1 aliphatic heterocycles. The Morgan fingerprint density at radius 3 is 2.95 bits per heavy atom. The molecule has 0 amide bonds. The summed E-state index contributed by atoms with van der Waals surface area (Å²) in [6, 6.07) is 2.09. The highest BCUT2D eigenvalue weighted by atomic mass is 32.2. The molecule has 6 heteroatoms. The highest BCUT2D eigenvalue weighted by Crippen LogP contribution is 2.26. The second kappa shape index (κ2) is 7.74. The maximum atomic E-state index is 4.46. The quantitative estimate of drug-likeness (QED) is 0.655. The highest BCUT2D eigenvalue weighted by molar-refractivity contribution is 7.99. The van der Waals surface area contributed by atoms with Crippen LogP contribution in [0.25, 0.3) is 0 Å². The van der Waals surface area contributed by atoms with Crippen LogP contribution in [-0.2, 0) is 6.54 Å². The third-order valence-corrected chi connectivity index (χ3v) is 5.07. The highest BCUT2D eigenvalue weighted by Gasteiger charge is 2.22. The van der Waals surface area contributed by atoms with Gasteiger partial charge in [-0.2, -0.15) is 5.10 Å². The number of aromatic nitrogens is 4. The van der Waals surface area contributed by atoms with Crippen molar-refractivity contribution in [1.82, 2.24) is 25.1 Å². The normalized spacial score (nSPS) is 19.4. The minimum Gasteiger partial charge on any atom is -0.298 e. The summed E-state index contributed by atoms with van der Waals surface area (Å²) in [5.41, 5.74) is 2.46. The number of likely N-dealkylation sites (tertiary alicyclic amines) is 1.